The number of rotatable bonds is 2. The molecule has 0 aromatic carbocycles. The van der Waals surface area contributed by atoms with Crippen LogP contribution >= 0.6 is 0 Å². The molecule has 106 valence electrons. The Balaban J connectivity index is 1.60. The van der Waals surface area contributed by atoms with Crippen molar-refractivity contribution in [3.8, 4) is 0 Å². The predicted octanol–water partition coefficient (Wildman–Crippen LogP) is 1.98. The molecule has 2 aliphatic carbocycles. The van der Waals surface area contributed by atoms with Gasteiger partial charge in [-0.2, -0.15) is 10.2 Å². The van der Waals surface area contributed by atoms with Crippen molar-refractivity contribution in [2.75, 3.05) is 5.32 Å². The summed E-state index contributed by atoms with van der Waals surface area (Å²) in [4.78, 5) is 12.5. The highest BCUT2D eigenvalue weighted by atomic mass is 16.2. The van der Waals surface area contributed by atoms with E-state index in [2.05, 4.69) is 20.6 Å². The van der Waals surface area contributed by atoms with Crippen LogP contribution in [0, 0.1) is 24.7 Å². The molecule has 2 bridgehead atoms. The van der Waals surface area contributed by atoms with Gasteiger partial charge in [-0.25, -0.2) is 4.68 Å². The smallest absolute Gasteiger partial charge is 0.228 e. The van der Waals surface area contributed by atoms with E-state index in [1.54, 1.807) is 4.68 Å². The van der Waals surface area contributed by atoms with Gasteiger partial charge in [0.1, 0.15) is 5.82 Å². The van der Waals surface area contributed by atoms with Crippen LogP contribution in [0.4, 0.5) is 5.82 Å². The maximum absolute atomic E-state index is 12.5. The van der Waals surface area contributed by atoms with Crippen molar-refractivity contribution >= 4 is 22.8 Å². The molecule has 6 heteroatoms. The second-order valence-corrected chi connectivity index (χ2v) is 6.28. The summed E-state index contributed by atoms with van der Waals surface area (Å²) >= 11 is 0. The summed E-state index contributed by atoms with van der Waals surface area (Å²) in [6.07, 6.45) is 4.82. The van der Waals surface area contributed by atoms with Crippen molar-refractivity contribution in [1.29, 1.82) is 0 Å². The van der Waals surface area contributed by atoms with E-state index < -0.39 is 0 Å². The third kappa shape index (κ3) is 1.60. The number of nitrogens with one attached hydrogen (secondary N) is 2. The highest BCUT2D eigenvalue weighted by Crippen LogP contribution is 2.48. The number of carbonyl (C=O) groups is 1. The van der Waals surface area contributed by atoms with Gasteiger partial charge in [-0.3, -0.25) is 9.89 Å². The van der Waals surface area contributed by atoms with E-state index in [-0.39, 0.29) is 11.8 Å². The van der Waals surface area contributed by atoms with Crippen LogP contribution in [0.25, 0.3) is 11.0 Å². The van der Waals surface area contributed by atoms with Gasteiger partial charge in [0.15, 0.2) is 5.65 Å². The van der Waals surface area contributed by atoms with Gasteiger partial charge in [-0.1, -0.05) is 6.42 Å². The van der Waals surface area contributed by atoms with E-state index in [0.29, 0.717) is 11.7 Å². The van der Waals surface area contributed by atoms with Gasteiger partial charge in [0.05, 0.1) is 11.1 Å². The molecule has 2 aliphatic rings. The zero-order chi connectivity index (χ0) is 13.9. The van der Waals surface area contributed by atoms with Gasteiger partial charge in [0.25, 0.3) is 0 Å². The first-order valence-electron chi connectivity index (χ1n) is 7.32. The lowest BCUT2D eigenvalue weighted by molar-refractivity contribution is -0.121. The van der Waals surface area contributed by atoms with Crippen LogP contribution in [0.2, 0.25) is 0 Å². The van der Waals surface area contributed by atoms with Crippen LogP contribution in [0.5, 0.6) is 0 Å². The number of aromatic nitrogens is 4. The van der Waals surface area contributed by atoms with Crippen molar-refractivity contribution in [3.05, 3.63) is 5.69 Å². The minimum atomic E-state index is 0.144. The summed E-state index contributed by atoms with van der Waals surface area (Å²) in [5.41, 5.74) is 1.67. The Labute approximate surface area is 116 Å². The van der Waals surface area contributed by atoms with Crippen LogP contribution in [0.1, 0.15) is 31.4 Å². The number of hydrogen-bond acceptors (Lipinski definition) is 3. The lowest BCUT2D eigenvalue weighted by atomic mass is 9.88. The number of amides is 1. The van der Waals surface area contributed by atoms with Crippen LogP contribution in [0.3, 0.4) is 0 Å². The average Bonchev–Trinajstić information content (AvgIpc) is 3.15. The molecule has 0 aliphatic heterocycles. The summed E-state index contributed by atoms with van der Waals surface area (Å²) in [5.74, 6) is 2.39. The molecular weight excluding hydrogens is 254 g/mol. The topological polar surface area (TPSA) is 75.6 Å². The van der Waals surface area contributed by atoms with E-state index in [1.807, 2.05) is 14.0 Å². The van der Waals surface area contributed by atoms with Crippen LogP contribution < -0.4 is 5.32 Å². The van der Waals surface area contributed by atoms with Crippen molar-refractivity contribution in [3.63, 3.8) is 0 Å². The normalized spacial score (nSPS) is 28.4. The minimum Gasteiger partial charge on any atom is -0.310 e. The number of hydrogen-bond donors (Lipinski definition) is 2. The molecule has 3 unspecified atom stereocenters. The largest absolute Gasteiger partial charge is 0.310 e. The van der Waals surface area contributed by atoms with E-state index in [4.69, 9.17) is 0 Å². The summed E-state index contributed by atoms with van der Waals surface area (Å²) in [6.45, 7) is 1.94. The third-order valence-electron chi connectivity index (χ3n) is 5.04. The maximum Gasteiger partial charge on any atom is 0.228 e. The van der Waals surface area contributed by atoms with E-state index in [0.717, 1.165) is 29.1 Å². The molecule has 4 rings (SSSR count). The molecule has 2 fully saturated rings. The number of aromatic amines is 1. The zero-order valence-electron chi connectivity index (χ0n) is 11.8. The zero-order valence-corrected chi connectivity index (χ0v) is 11.8. The lowest BCUT2D eigenvalue weighted by Gasteiger charge is -2.20. The van der Waals surface area contributed by atoms with Gasteiger partial charge in [0, 0.05) is 13.0 Å². The average molecular weight is 273 g/mol. The van der Waals surface area contributed by atoms with Crippen molar-refractivity contribution < 1.29 is 4.79 Å². The molecule has 2 N–H and O–H groups in total. The van der Waals surface area contributed by atoms with Gasteiger partial charge < -0.3 is 5.32 Å². The standard InChI is InChI=1S/C14H19N5O/c1-7-11-12(16-17-13(11)19(2)18-7)15-14(20)10-6-8-3-4-9(10)5-8/h8-10H,3-6H2,1-2H3,(H2,15,16,17,20). The van der Waals surface area contributed by atoms with Gasteiger partial charge in [0.2, 0.25) is 5.91 Å². The number of fused-ring (bicyclic) bond motifs is 3. The molecule has 2 aromatic heterocycles. The molecule has 20 heavy (non-hydrogen) atoms. The number of H-pyrrole nitrogens is 1. The molecule has 0 saturated heterocycles. The summed E-state index contributed by atoms with van der Waals surface area (Å²) in [7, 11) is 1.86. The molecule has 0 spiro atoms. The number of nitrogens with zero attached hydrogens (tertiary/aromatic N) is 3. The predicted molar refractivity (Wildman–Crippen MR) is 75.2 cm³/mol. The van der Waals surface area contributed by atoms with Crippen LogP contribution in [-0.2, 0) is 11.8 Å². The first kappa shape index (κ1) is 11.9. The van der Waals surface area contributed by atoms with Crippen molar-refractivity contribution in [1.82, 2.24) is 20.0 Å². The molecule has 2 heterocycles. The first-order chi connectivity index (χ1) is 9.63. The van der Waals surface area contributed by atoms with Crippen LogP contribution in [0.15, 0.2) is 0 Å². The SMILES string of the molecule is Cc1nn(C)c2n[nH]c(NC(=O)C3CC4CCC3C4)c12. The molecule has 3 atom stereocenters. The molecule has 2 aromatic rings. The molecule has 6 nitrogen and oxygen atoms in total. The summed E-state index contributed by atoms with van der Waals surface area (Å²) in [5, 5.41) is 15.5. The van der Waals surface area contributed by atoms with Gasteiger partial charge >= 0.3 is 0 Å². The molecule has 2 saturated carbocycles. The fourth-order valence-corrected chi connectivity index (χ4v) is 4.10. The molecule has 0 radical (unpaired) electrons. The van der Waals surface area contributed by atoms with Crippen molar-refractivity contribution in [2.24, 2.45) is 24.8 Å². The second-order valence-electron chi connectivity index (χ2n) is 6.28. The molecule has 1 amide bonds. The quantitative estimate of drug-likeness (QED) is 0.878. The Morgan fingerprint density at radius 3 is 2.95 bits per heavy atom. The van der Waals surface area contributed by atoms with Crippen molar-refractivity contribution in [2.45, 2.75) is 32.6 Å². The Kier molecular flexibility index (Phi) is 2.43. The highest BCUT2D eigenvalue weighted by Gasteiger charge is 2.43. The second kappa shape index (κ2) is 4.07. The number of carbonyl (C=O) groups excluding carboxylic acids is 1. The lowest BCUT2D eigenvalue weighted by Crippen LogP contribution is -2.27. The monoisotopic (exact) mass is 273 g/mol. The Bertz CT molecular complexity index is 685. The third-order valence-corrected chi connectivity index (χ3v) is 5.04. The fraction of sp³-hybridized carbons (Fsp3) is 0.643. The minimum absolute atomic E-state index is 0.144. The van der Waals surface area contributed by atoms with Crippen LogP contribution in [-0.4, -0.2) is 25.9 Å². The Morgan fingerprint density at radius 2 is 2.25 bits per heavy atom. The number of anilines is 1. The first-order valence-corrected chi connectivity index (χ1v) is 7.32. The molecular formula is C14H19N5O. The maximum atomic E-state index is 12.5. The summed E-state index contributed by atoms with van der Waals surface area (Å²) in [6, 6.07) is 0. The van der Waals surface area contributed by atoms with E-state index in [1.165, 1.54) is 19.3 Å². The Hall–Kier alpha value is -1.85. The fourth-order valence-electron chi connectivity index (χ4n) is 4.10. The van der Waals surface area contributed by atoms with E-state index >= 15 is 0 Å². The van der Waals surface area contributed by atoms with Gasteiger partial charge in [-0.15, -0.1) is 0 Å². The highest BCUT2D eigenvalue weighted by molar-refractivity contribution is 6.00. The number of aryl methyl sites for hydroxylation is 2. The van der Waals surface area contributed by atoms with Gasteiger partial charge in [-0.05, 0) is 38.0 Å². The Morgan fingerprint density at radius 1 is 1.40 bits per heavy atom. The van der Waals surface area contributed by atoms with E-state index in [9.17, 15) is 4.79 Å². The summed E-state index contributed by atoms with van der Waals surface area (Å²) < 4.78 is 1.73.